The van der Waals surface area contributed by atoms with Gasteiger partial charge in [0.15, 0.2) is 0 Å². The molecule has 2 N–H and O–H groups in total. The Kier molecular flexibility index (Phi) is 12.2. The fourth-order valence-electron chi connectivity index (χ4n) is 5.14. The number of carbonyl (C=O) groups excluding carboxylic acids is 4. The third-order valence-corrected chi connectivity index (χ3v) is 10.0. The summed E-state index contributed by atoms with van der Waals surface area (Å²) < 4.78 is 24.0. The van der Waals surface area contributed by atoms with Gasteiger partial charge >= 0.3 is 11.9 Å². The van der Waals surface area contributed by atoms with Gasteiger partial charge in [0.25, 0.3) is 11.8 Å². The molecule has 0 radical (unpaired) electrons. The molecule has 0 atom stereocenters. The molecule has 0 fully saturated rings. The fraction of sp³-hybridized carbons (Fsp3) is 0.243. The van der Waals surface area contributed by atoms with Gasteiger partial charge in [-0.25, -0.2) is 9.59 Å². The van der Waals surface area contributed by atoms with Gasteiger partial charge in [-0.05, 0) is 44.6 Å². The average Bonchev–Trinajstić information content (AvgIpc) is 3.67. The van der Waals surface area contributed by atoms with Crippen molar-refractivity contribution < 1.29 is 38.1 Å². The lowest BCUT2D eigenvalue weighted by Crippen LogP contribution is -2.30. The zero-order valence-corrected chi connectivity index (χ0v) is 29.3. The molecule has 12 nitrogen and oxygen atoms in total. The van der Waals surface area contributed by atoms with Crippen molar-refractivity contribution in [2.45, 2.75) is 33.5 Å². The zero-order chi connectivity index (χ0) is 36.3. The van der Waals surface area contributed by atoms with Crippen molar-refractivity contribution in [2.75, 3.05) is 26.3 Å². The number of para-hydroxylation sites is 2. The molecule has 4 aromatic rings. The second-order valence-corrected chi connectivity index (χ2v) is 13.1. The maximum atomic E-state index is 13.3. The van der Waals surface area contributed by atoms with Crippen molar-refractivity contribution >= 4 is 68.0 Å². The van der Waals surface area contributed by atoms with Gasteiger partial charge in [-0.3, -0.25) is 9.59 Å². The molecular formula is C37H32N4O8S2. The molecule has 260 valence electrons. The third-order valence-electron chi connectivity index (χ3n) is 7.50. The first-order valence-electron chi connectivity index (χ1n) is 15.9. The second-order valence-electron chi connectivity index (χ2n) is 10.8. The Labute approximate surface area is 301 Å². The topological polar surface area (TPSA) is 177 Å². The van der Waals surface area contributed by atoms with Crippen molar-refractivity contribution in [2.24, 2.45) is 0 Å². The van der Waals surface area contributed by atoms with E-state index in [0.717, 1.165) is 22.7 Å². The van der Waals surface area contributed by atoms with Crippen LogP contribution in [-0.2, 0) is 32.3 Å². The number of nitrogens with one attached hydrogen (secondary N) is 2. The molecular weight excluding hydrogens is 693 g/mol. The Balaban J connectivity index is 1.68. The van der Waals surface area contributed by atoms with Crippen LogP contribution in [0.4, 0.5) is 0 Å². The van der Waals surface area contributed by atoms with Crippen LogP contribution in [-0.4, -0.2) is 50.1 Å². The summed E-state index contributed by atoms with van der Waals surface area (Å²) >= 11 is 2.31. The smallest absolute Gasteiger partial charge is 0.348 e. The van der Waals surface area contributed by atoms with E-state index in [4.69, 9.17) is 18.9 Å². The van der Waals surface area contributed by atoms with Gasteiger partial charge in [-0.15, -0.1) is 22.7 Å². The SMILES string of the molecule is CCOC(=O)c1sc2sc(C(=O)OCC)c3c2c1COc1ccccc1/C=C(\C#N)C(=O)NCCCNC(=O)/C(C#N)=C/c1ccccc1OC3. The highest BCUT2D eigenvalue weighted by atomic mass is 32.2. The van der Waals surface area contributed by atoms with E-state index in [1.807, 2.05) is 12.1 Å². The number of thiophene rings is 2. The van der Waals surface area contributed by atoms with E-state index in [2.05, 4.69) is 10.6 Å². The van der Waals surface area contributed by atoms with Gasteiger partial charge in [-0.2, -0.15) is 10.5 Å². The molecule has 0 aliphatic carbocycles. The minimum Gasteiger partial charge on any atom is -0.488 e. The monoisotopic (exact) mass is 724 g/mol. The third kappa shape index (κ3) is 8.44. The van der Waals surface area contributed by atoms with Crippen molar-refractivity contribution in [3.8, 4) is 23.6 Å². The normalized spacial score (nSPS) is 16.2. The van der Waals surface area contributed by atoms with E-state index >= 15 is 0 Å². The van der Waals surface area contributed by atoms with Crippen LogP contribution < -0.4 is 20.1 Å². The summed E-state index contributed by atoms with van der Waals surface area (Å²) in [4.78, 5) is 52.9. The lowest BCUT2D eigenvalue weighted by molar-refractivity contribution is -0.117. The van der Waals surface area contributed by atoms with Crippen molar-refractivity contribution in [3.63, 3.8) is 0 Å². The van der Waals surface area contributed by atoms with E-state index in [0.29, 0.717) is 49.6 Å². The molecule has 0 saturated heterocycles. The predicted octanol–water partition coefficient (Wildman–Crippen LogP) is 5.92. The fourth-order valence-corrected chi connectivity index (χ4v) is 7.73. The number of amides is 2. The number of rotatable bonds is 4. The summed E-state index contributed by atoms with van der Waals surface area (Å²) in [6.07, 6.45) is 3.13. The van der Waals surface area contributed by atoms with Crippen molar-refractivity contribution in [3.05, 3.63) is 91.7 Å². The Morgan fingerprint density at radius 2 is 1.18 bits per heavy atom. The molecule has 14 heteroatoms. The summed E-state index contributed by atoms with van der Waals surface area (Å²) in [5.41, 5.74) is 1.44. The number of nitriles is 2. The number of esters is 2. The summed E-state index contributed by atoms with van der Waals surface area (Å²) in [5, 5.41) is 25.5. The Bertz CT molecular complexity index is 1990. The largest absolute Gasteiger partial charge is 0.488 e. The molecule has 1 aliphatic heterocycles. The van der Waals surface area contributed by atoms with Crippen molar-refractivity contribution in [1.29, 1.82) is 10.5 Å². The summed E-state index contributed by atoms with van der Waals surface area (Å²) in [5.74, 6) is -1.69. The van der Waals surface area contributed by atoms with Gasteiger partial charge < -0.3 is 29.6 Å². The van der Waals surface area contributed by atoms with Gasteiger partial charge in [-0.1, -0.05) is 36.4 Å². The molecule has 2 amide bonds. The number of carbonyl (C=O) groups is 4. The van der Waals surface area contributed by atoms with Crippen LogP contribution in [0.2, 0.25) is 0 Å². The lowest BCUT2D eigenvalue weighted by atomic mass is 10.1. The number of hydrogen-bond acceptors (Lipinski definition) is 12. The number of benzene rings is 2. The van der Waals surface area contributed by atoms with Crippen LogP contribution in [0.1, 0.15) is 61.9 Å². The molecule has 5 rings (SSSR count). The molecule has 0 saturated carbocycles. The van der Waals surface area contributed by atoms with E-state index in [-0.39, 0.29) is 60.4 Å². The molecule has 0 bridgehead atoms. The molecule has 0 unspecified atom stereocenters. The average molecular weight is 725 g/mol. The first kappa shape index (κ1) is 36.3. The first-order chi connectivity index (χ1) is 24.8. The highest BCUT2D eigenvalue weighted by Crippen LogP contribution is 2.43. The Hall–Kier alpha value is -5.96. The number of hydrogen-bond donors (Lipinski definition) is 2. The van der Waals surface area contributed by atoms with Crippen LogP contribution in [0.25, 0.3) is 21.6 Å². The highest BCUT2D eigenvalue weighted by Gasteiger charge is 2.29. The first-order valence-corrected chi connectivity index (χ1v) is 17.6. The van der Waals surface area contributed by atoms with Gasteiger partial charge in [0, 0.05) is 40.7 Å². The van der Waals surface area contributed by atoms with Crippen molar-refractivity contribution in [1.82, 2.24) is 10.6 Å². The standard InChI is InChI=1S/C37H32N4O8S2/c1-3-46-35(44)31-26-20-48-28-12-7-5-10-22(28)16-24(18-38)33(42)40-14-9-15-41-34(43)25(19-39)17-23-11-6-8-13-29(23)49-21-27-30(26)37(50-31)51-32(27)36(45)47-4-2/h5-8,10-13,16-17H,3-4,9,14-15,20-21H2,1-2H3,(H,40,42)(H,41,43)/b24-16+,25-17+. The van der Waals surface area contributed by atoms with Gasteiger partial charge in [0.05, 0.1) is 17.2 Å². The molecule has 1 aliphatic rings. The molecule has 51 heavy (non-hydrogen) atoms. The van der Waals surface area contributed by atoms with Gasteiger partial charge in [0.2, 0.25) is 0 Å². The van der Waals surface area contributed by atoms with Crippen LogP contribution in [0.3, 0.4) is 0 Å². The maximum Gasteiger partial charge on any atom is 0.348 e. The molecule has 2 aromatic heterocycles. The predicted molar refractivity (Wildman–Crippen MR) is 191 cm³/mol. The molecule has 2 aromatic carbocycles. The van der Waals surface area contributed by atoms with E-state index in [9.17, 15) is 29.7 Å². The van der Waals surface area contributed by atoms with E-state index < -0.39 is 23.8 Å². The van der Waals surface area contributed by atoms with Crippen LogP contribution >= 0.6 is 22.7 Å². The highest BCUT2D eigenvalue weighted by molar-refractivity contribution is 7.40. The number of ether oxygens (including phenoxy) is 4. The minimum absolute atomic E-state index is 0.133. The zero-order valence-electron chi connectivity index (χ0n) is 27.7. The number of fused-ring (bicyclic) bond motifs is 2. The Morgan fingerprint density at radius 3 is 1.59 bits per heavy atom. The summed E-state index contributed by atoms with van der Waals surface area (Å²) in [7, 11) is 0. The summed E-state index contributed by atoms with van der Waals surface area (Å²) in [6.45, 7) is 3.69. The minimum atomic E-state index is -0.617. The van der Waals surface area contributed by atoms with E-state index in [1.165, 1.54) is 12.2 Å². The molecule has 0 spiro atoms. The summed E-state index contributed by atoms with van der Waals surface area (Å²) in [6, 6.07) is 17.5. The Morgan fingerprint density at radius 1 is 0.745 bits per heavy atom. The van der Waals surface area contributed by atoms with Gasteiger partial charge in [0.1, 0.15) is 57.8 Å². The van der Waals surface area contributed by atoms with Crippen LogP contribution in [0.5, 0.6) is 11.5 Å². The number of nitrogens with zero attached hydrogens (tertiary/aromatic N) is 2. The second kappa shape index (κ2) is 17.1. The molecule has 3 heterocycles. The van der Waals surface area contributed by atoms with E-state index in [1.54, 1.807) is 62.4 Å². The lowest BCUT2D eigenvalue weighted by Gasteiger charge is -2.13. The van der Waals surface area contributed by atoms with Crippen LogP contribution in [0.15, 0.2) is 59.7 Å². The maximum absolute atomic E-state index is 13.3. The quantitative estimate of drug-likeness (QED) is 0.240. The van der Waals surface area contributed by atoms with Crippen LogP contribution in [0, 0.1) is 22.7 Å².